The number of benzene rings is 2. The number of hydrogen-bond acceptors (Lipinski definition) is 4. The van der Waals surface area contributed by atoms with Gasteiger partial charge in [0.2, 0.25) is 11.8 Å². The predicted molar refractivity (Wildman–Crippen MR) is 91.4 cm³/mol. The van der Waals surface area contributed by atoms with Crippen LogP contribution < -0.4 is 21.7 Å². The van der Waals surface area contributed by atoms with Crippen molar-refractivity contribution in [3.63, 3.8) is 0 Å². The molecule has 0 aliphatic rings. The molecule has 0 aliphatic carbocycles. The van der Waals surface area contributed by atoms with E-state index in [1.165, 1.54) is 6.07 Å². The molecule has 0 saturated carbocycles. The Balaban J connectivity index is 1.85. The van der Waals surface area contributed by atoms with Crippen LogP contribution in [0.4, 0.5) is 24.5 Å². The first-order valence-electron chi connectivity index (χ1n) is 7.62. The standard InChI is InChI=1S/C17H15F3N4O3/c18-10-5-6-12(16(20)15(10)19)24-14(26)8-23-13(25)7-22-11-4-2-1-3-9(11)17(21)27/h1-6,22H,7-8H2,(H2,21,27)(H,23,25)(H,24,26). The Morgan fingerprint density at radius 3 is 2.26 bits per heavy atom. The first kappa shape index (κ1) is 19.8. The number of rotatable bonds is 7. The van der Waals surface area contributed by atoms with Crippen molar-refractivity contribution in [2.24, 2.45) is 5.73 Å². The van der Waals surface area contributed by atoms with Gasteiger partial charge in [-0.25, -0.2) is 13.2 Å². The van der Waals surface area contributed by atoms with Crippen molar-refractivity contribution in [3.8, 4) is 0 Å². The Morgan fingerprint density at radius 2 is 1.56 bits per heavy atom. The van der Waals surface area contributed by atoms with Crippen LogP contribution in [0.25, 0.3) is 0 Å². The highest BCUT2D eigenvalue weighted by molar-refractivity contribution is 5.99. The minimum Gasteiger partial charge on any atom is -0.376 e. The molecule has 0 unspecified atom stereocenters. The van der Waals surface area contributed by atoms with Crippen molar-refractivity contribution >= 4 is 29.1 Å². The predicted octanol–water partition coefficient (Wildman–Crippen LogP) is 1.37. The van der Waals surface area contributed by atoms with E-state index in [9.17, 15) is 27.6 Å². The number of hydrogen-bond donors (Lipinski definition) is 4. The second-order valence-electron chi connectivity index (χ2n) is 5.31. The highest BCUT2D eigenvalue weighted by atomic mass is 19.2. The fourth-order valence-electron chi connectivity index (χ4n) is 2.09. The highest BCUT2D eigenvalue weighted by Gasteiger charge is 2.15. The van der Waals surface area contributed by atoms with Gasteiger partial charge in [0, 0.05) is 5.69 Å². The number of nitrogens with one attached hydrogen (secondary N) is 3. The van der Waals surface area contributed by atoms with Gasteiger partial charge in [-0.1, -0.05) is 12.1 Å². The van der Waals surface area contributed by atoms with E-state index in [0.717, 1.165) is 6.07 Å². The first-order chi connectivity index (χ1) is 12.8. The molecule has 0 saturated heterocycles. The Morgan fingerprint density at radius 1 is 0.852 bits per heavy atom. The van der Waals surface area contributed by atoms with Crippen LogP contribution in [0, 0.1) is 17.5 Å². The van der Waals surface area contributed by atoms with Gasteiger partial charge in [0.15, 0.2) is 17.5 Å². The topological polar surface area (TPSA) is 113 Å². The van der Waals surface area contributed by atoms with E-state index in [0.29, 0.717) is 11.8 Å². The number of anilines is 2. The highest BCUT2D eigenvalue weighted by Crippen LogP contribution is 2.19. The number of carbonyl (C=O) groups is 3. The average molecular weight is 380 g/mol. The number of para-hydroxylation sites is 1. The summed E-state index contributed by atoms with van der Waals surface area (Å²) in [6.45, 7) is -0.798. The van der Waals surface area contributed by atoms with Crippen LogP contribution in [0.2, 0.25) is 0 Å². The maximum Gasteiger partial charge on any atom is 0.250 e. The molecule has 2 aromatic rings. The molecule has 0 atom stereocenters. The average Bonchev–Trinajstić information content (AvgIpc) is 2.65. The second kappa shape index (κ2) is 8.70. The van der Waals surface area contributed by atoms with Crippen molar-refractivity contribution < 1.29 is 27.6 Å². The molecule has 0 radical (unpaired) electrons. The molecule has 142 valence electrons. The van der Waals surface area contributed by atoms with E-state index in [4.69, 9.17) is 5.73 Å². The lowest BCUT2D eigenvalue weighted by Gasteiger charge is -2.11. The molecule has 10 heteroatoms. The van der Waals surface area contributed by atoms with Crippen LogP contribution >= 0.6 is 0 Å². The summed E-state index contributed by atoms with van der Waals surface area (Å²) >= 11 is 0. The van der Waals surface area contributed by atoms with Crippen LogP contribution in [-0.4, -0.2) is 30.8 Å². The second-order valence-corrected chi connectivity index (χ2v) is 5.31. The normalized spacial score (nSPS) is 10.2. The summed E-state index contributed by atoms with van der Waals surface area (Å²) in [7, 11) is 0. The summed E-state index contributed by atoms with van der Waals surface area (Å²) in [5.74, 6) is -6.76. The number of amides is 3. The van der Waals surface area contributed by atoms with Gasteiger partial charge in [0.05, 0.1) is 24.3 Å². The molecule has 2 aromatic carbocycles. The third-order valence-corrected chi connectivity index (χ3v) is 3.39. The fraction of sp³-hybridized carbons (Fsp3) is 0.118. The molecular weight excluding hydrogens is 365 g/mol. The molecule has 0 spiro atoms. The minimum atomic E-state index is -1.71. The fourth-order valence-corrected chi connectivity index (χ4v) is 2.09. The smallest absolute Gasteiger partial charge is 0.250 e. The minimum absolute atomic E-state index is 0.192. The first-order valence-corrected chi connectivity index (χ1v) is 7.62. The summed E-state index contributed by atoms with van der Waals surface area (Å²) in [5, 5.41) is 6.96. The molecule has 0 aromatic heterocycles. The van der Waals surface area contributed by atoms with Gasteiger partial charge < -0.3 is 21.7 Å². The Hall–Kier alpha value is -3.56. The van der Waals surface area contributed by atoms with Gasteiger partial charge in [0.25, 0.3) is 5.91 Å². The van der Waals surface area contributed by atoms with E-state index < -0.39 is 47.4 Å². The lowest BCUT2D eigenvalue weighted by Crippen LogP contribution is -2.36. The monoisotopic (exact) mass is 380 g/mol. The van der Waals surface area contributed by atoms with E-state index in [1.807, 2.05) is 5.32 Å². The van der Waals surface area contributed by atoms with Gasteiger partial charge >= 0.3 is 0 Å². The van der Waals surface area contributed by atoms with Crippen LogP contribution in [-0.2, 0) is 9.59 Å². The summed E-state index contributed by atoms with van der Waals surface area (Å²) in [6.07, 6.45) is 0. The number of carbonyl (C=O) groups excluding carboxylic acids is 3. The molecule has 0 bridgehead atoms. The maximum atomic E-state index is 13.5. The SMILES string of the molecule is NC(=O)c1ccccc1NCC(=O)NCC(=O)Nc1ccc(F)c(F)c1F. The summed E-state index contributed by atoms with van der Waals surface area (Å²) < 4.78 is 39.4. The van der Waals surface area contributed by atoms with Gasteiger partial charge in [-0.3, -0.25) is 14.4 Å². The van der Waals surface area contributed by atoms with Gasteiger partial charge in [-0.15, -0.1) is 0 Å². The zero-order valence-electron chi connectivity index (χ0n) is 13.8. The van der Waals surface area contributed by atoms with Crippen molar-refractivity contribution in [2.45, 2.75) is 0 Å². The summed E-state index contributed by atoms with van der Waals surface area (Å²) in [4.78, 5) is 34.7. The van der Waals surface area contributed by atoms with E-state index in [2.05, 4.69) is 10.6 Å². The largest absolute Gasteiger partial charge is 0.376 e. The summed E-state index contributed by atoms with van der Waals surface area (Å²) in [5.41, 5.74) is 5.19. The molecule has 0 aliphatic heterocycles. The quantitative estimate of drug-likeness (QED) is 0.543. The van der Waals surface area contributed by atoms with Crippen LogP contribution in [0.1, 0.15) is 10.4 Å². The maximum absolute atomic E-state index is 13.5. The van der Waals surface area contributed by atoms with E-state index in [-0.39, 0.29) is 12.1 Å². The summed E-state index contributed by atoms with van der Waals surface area (Å²) in [6, 6.07) is 7.78. The van der Waals surface area contributed by atoms with Gasteiger partial charge in [-0.05, 0) is 24.3 Å². The zero-order valence-corrected chi connectivity index (χ0v) is 13.8. The third-order valence-electron chi connectivity index (χ3n) is 3.39. The number of halogens is 3. The van der Waals surface area contributed by atoms with Crippen molar-refractivity contribution in [3.05, 3.63) is 59.4 Å². The Bertz CT molecular complexity index is 890. The number of nitrogens with two attached hydrogens (primary N) is 1. The molecule has 0 heterocycles. The lowest BCUT2D eigenvalue weighted by atomic mass is 10.1. The molecular formula is C17H15F3N4O3. The Kier molecular flexibility index (Phi) is 6.36. The molecule has 0 fully saturated rings. The van der Waals surface area contributed by atoms with Crippen LogP contribution in [0.5, 0.6) is 0 Å². The van der Waals surface area contributed by atoms with Gasteiger partial charge in [-0.2, -0.15) is 0 Å². The van der Waals surface area contributed by atoms with Crippen LogP contribution in [0.15, 0.2) is 36.4 Å². The van der Waals surface area contributed by atoms with Crippen LogP contribution in [0.3, 0.4) is 0 Å². The zero-order chi connectivity index (χ0) is 20.0. The molecule has 7 nitrogen and oxygen atoms in total. The Labute approximate surface area is 151 Å². The van der Waals surface area contributed by atoms with E-state index in [1.54, 1.807) is 18.2 Å². The van der Waals surface area contributed by atoms with Gasteiger partial charge in [0.1, 0.15) is 0 Å². The molecule has 2 rings (SSSR count). The number of primary amides is 1. The van der Waals surface area contributed by atoms with E-state index >= 15 is 0 Å². The molecule has 3 amide bonds. The van der Waals surface area contributed by atoms with Crippen molar-refractivity contribution in [2.75, 3.05) is 23.7 Å². The van der Waals surface area contributed by atoms with Crippen molar-refractivity contribution in [1.29, 1.82) is 0 Å². The third kappa shape index (κ3) is 5.21. The van der Waals surface area contributed by atoms with Crippen molar-refractivity contribution in [1.82, 2.24) is 5.32 Å². The molecule has 27 heavy (non-hydrogen) atoms. The molecule has 5 N–H and O–H groups in total. The lowest BCUT2D eigenvalue weighted by molar-refractivity contribution is -0.122.